The number of aromatic nitrogens is 2. The standard InChI is InChI=1S/C16H22N4O3/c1-23-15(21)6-2-3-7-19-16(22)13-5-4-10-20(12-13)14-11-17-8-9-18-14/h2,6,8-9,11,13H,3-5,7,10,12H2,1H3,(H,19,22)/b6-2+. The Balaban J connectivity index is 1.76. The third-order valence-corrected chi connectivity index (χ3v) is 3.73. The number of methoxy groups -OCH3 is 1. The summed E-state index contributed by atoms with van der Waals surface area (Å²) < 4.78 is 4.50. The Bertz CT molecular complexity index is 548. The SMILES string of the molecule is COC(=O)/C=C/CCNC(=O)C1CCCN(c2cnccn2)C1. The minimum absolute atomic E-state index is 0.0460. The van der Waals surface area contributed by atoms with Crippen molar-refractivity contribution in [2.45, 2.75) is 19.3 Å². The molecule has 2 heterocycles. The van der Waals surface area contributed by atoms with Crippen LogP contribution in [0.1, 0.15) is 19.3 Å². The summed E-state index contributed by atoms with van der Waals surface area (Å²) in [7, 11) is 1.33. The van der Waals surface area contributed by atoms with Gasteiger partial charge in [-0.3, -0.25) is 9.78 Å². The van der Waals surface area contributed by atoms with E-state index >= 15 is 0 Å². The normalized spacial score (nSPS) is 18.0. The van der Waals surface area contributed by atoms with E-state index in [0.717, 1.165) is 25.2 Å². The topological polar surface area (TPSA) is 84.4 Å². The number of piperidine rings is 1. The molecule has 124 valence electrons. The number of nitrogens with one attached hydrogen (secondary N) is 1. The first-order valence-electron chi connectivity index (χ1n) is 7.74. The molecule has 1 aliphatic rings. The molecule has 7 heteroatoms. The van der Waals surface area contributed by atoms with E-state index in [2.05, 4.69) is 24.9 Å². The summed E-state index contributed by atoms with van der Waals surface area (Å²) in [5, 5.41) is 2.91. The van der Waals surface area contributed by atoms with Gasteiger partial charge in [0.2, 0.25) is 5.91 Å². The van der Waals surface area contributed by atoms with Crippen LogP contribution >= 0.6 is 0 Å². The van der Waals surface area contributed by atoms with Crippen LogP contribution < -0.4 is 10.2 Å². The summed E-state index contributed by atoms with van der Waals surface area (Å²) in [6.07, 6.45) is 10.5. The fourth-order valence-electron chi connectivity index (χ4n) is 2.52. The molecule has 0 saturated carbocycles. The van der Waals surface area contributed by atoms with Gasteiger partial charge in [-0.1, -0.05) is 6.08 Å². The maximum Gasteiger partial charge on any atom is 0.330 e. The molecule has 1 aliphatic heterocycles. The maximum atomic E-state index is 12.2. The third-order valence-electron chi connectivity index (χ3n) is 3.73. The predicted molar refractivity (Wildman–Crippen MR) is 85.8 cm³/mol. The molecule has 1 unspecified atom stereocenters. The number of carbonyl (C=O) groups is 2. The summed E-state index contributed by atoms with van der Waals surface area (Å²) >= 11 is 0. The van der Waals surface area contributed by atoms with E-state index in [4.69, 9.17) is 0 Å². The quantitative estimate of drug-likeness (QED) is 0.477. The van der Waals surface area contributed by atoms with Crippen molar-refractivity contribution in [2.24, 2.45) is 5.92 Å². The van der Waals surface area contributed by atoms with Gasteiger partial charge in [0.15, 0.2) is 0 Å². The lowest BCUT2D eigenvalue weighted by Crippen LogP contribution is -2.43. The van der Waals surface area contributed by atoms with Crippen LogP contribution in [0, 0.1) is 5.92 Å². The van der Waals surface area contributed by atoms with Gasteiger partial charge in [0.25, 0.3) is 0 Å². The van der Waals surface area contributed by atoms with Crippen LogP contribution in [-0.2, 0) is 14.3 Å². The van der Waals surface area contributed by atoms with Crippen LogP contribution in [0.3, 0.4) is 0 Å². The summed E-state index contributed by atoms with van der Waals surface area (Å²) in [4.78, 5) is 33.6. The van der Waals surface area contributed by atoms with Gasteiger partial charge in [-0.2, -0.15) is 0 Å². The van der Waals surface area contributed by atoms with Crippen LogP contribution in [0.2, 0.25) is 0 Å². The van der Waals surface area contributed by atoms with E-state index in [1.54, 1.807) is 24.7 Å². The van der Waals surface area contributed by atoms with Gasteiger partial charge in [-0.05, 0) is 19.3 Å². The largest absolute Gasteiger partial charge is 0.466 e. The molecule has 1 aromatic heterocycles. The van der Waals surface area contributed by atoms with Crippen LogP contribution in [0.15, 0.2) is 30.7 Å². The van der Waals surface area contributed by atoms with E-state index in [9.17, 15) is 9.59 Å². The molecule has 7 nitrogen and oxygen atoms in total. The zero-order chi connectivity index (χ0) is 16.5. The summed E-state index contributed by atoms with van der Waals surface area (Å²) in [5.74, 6) is 0.426. The number of rotatable bonds is 6. The Hall–Kier alpha value is -2.44. The molecule has 23 heavy (non-hydrogen) atoms. The minimum atomic E-state index is -0.386. The molecule has 0 radical (unpaired) electrons. The molecule has 1 amide bonds. The van der Waals surface area contributed by atoms with Crippen molar-refractivity contribution in [3.05, 3.63) is 30.7 Å². The van der Waals surface area contributed by atoms with Crippen molar-refractivity contribution >= 4 is 17.7 Å². The van der Waals surface area contributed by atoms with E-state index in [-0.39, 0.29) is 17.8 Å². The van der Waals surface area contributed by atoms with Gasteiger partial charge >= 0.3 is 5.97 Å². The average molecular weight is 318 g/mol. The van der Waals surface area contributed by atoms with Crippen molar-refractivity contribution in [3.63, 3.8) is 0 Å². The van der Waals surface area contributed by atoms with Crippen LogP contribution in [0.4, 0.5) is 5.82 Å². The lowest BCUT2D eigenvalue weighted by atomic mass is 9.97. The fraction of sp³-hybridized carbons (Fsp3) is 0.500. The molecular formula is C16H22N4O3. The smallest absolute Gasteiger partial charge is 0.330 e. The Morgan fingerprint density at radius 1 is 1.48 bits per heavy atom. The van der Waals surface area contributed by atoms with Crippen LogP contribution in [0.5, 0.6) is 0 Å². The number of ether oxygens (including phenoxy) is 1. The van der Waals surface area contributed by atoms with Crippen molar-refractivity contribution in [1.82, 2.24) is 15.3 Å². The first-order chi connectivity index (χ1) is 11.2. The molecule has 0 aliphatic carbocycles. The highest BCUT2D eigenvalue weighted by atomic mass is 16.5. The lowest BCUT2D eigenvalue weighted by molar-refractivity contribution is -0.134. The minimum Gasteiger partial charge on any atom is -0.466 e. The van der Waals surface area contributed by atoms with Gasteiger partial charge in [0, 0.05) is 38.1 Å². The number of nitrogens with zero attached hydrogens (tertiary/aromatic N) is 3. The van der Waals surface area contributed by atoms with E-state index in [0.29, 0.717) is 19.5 Å². The average Bonchev–Trinajstić information content (AvgIpc) is 2.62. The number of hydrogen-bond acceptors (Lipinski definition) is 6. The first-order valence-corrected chi connectivity index (χ1v) is 7.74. The van der Waals surface area contributed by atoms with E-state index < -0.39 is 0 Å². The van der Waals surface area contributed by atoms with Crippen molar-refractivity contribution in [3.8, 4) is 0 Å². The lowest BCUT2D eigenvalue weighted by Gasteiger charge is -2.32. The zero-order valence-corrected chi connectivity index (χ0v) is 13.3. The first kappa shape index (κ1) is 16.9. The van der Waals surface area contributed by atoms with Crippen LogP contribution in [-0.4, -0.2) is 48.6 Å². The Labute approximate surface area is 135 Å². The molecule has 1 aromatic rings. The summed E-state index contributed by atoms with van der Waals surface area (Å²) in [5.41, 5.74) is 0. The number of carbonyl (C=O) groups excluding carboxylic acids is 2. The van der Waals surface area contributed by atoms with Gasteiger partial charge in [-0.25, -0.2) is 9.78 Å². The van der Waals surface area contributed by atoms with Gasteiger partial charge in [-0.15, -0.1) is 0 Å². The van der Waals surface area contributed by atoms with E-state index in [1.807, 2.05) is 0 Å². The van der Waals surface area contributed by atoms with Crippen molar-refractivity contribution in [2.75, 3.05) is 31.6 Å². The number of anilines is 1. The monoisotopic (exact) mass is 318 g/mol. The highest BCUT2D eigenvalue weighted by Crippen LogP contribution is 2.20. The molecule has 1 saturated heterocycles. The summed E-state index contributed by atoms with van der Waals surface area (Å²) in [6, 6.07) is 0. The van der Waals surface area contributed by atoms with E-state index in [1.165, 1.54) is 13.2 Å². The predicted octanol–water partition coefficient (Wildman–Crippen LogP) is 0.928. The highest BCUT2D eigenvalue weighted by molar-refractivity contribution is 5.81. The molecule has 1 N–H and O–H groups in total. The molecule has 0 spiro atoms. The van der Waals surface area contributed by atoms with Crippen molar-refractivity contribution in [1.29, 1.82) is 0 Å². The van der Waals surface area contributed by atoms with Crippen molar-refractivity contribution < 1.29 is 14.3 Å². The van der Waals surface area contributed by atoms with Gasteiger partial charge in [0.1, 0.15) is 5.82 Å². The molecule has 2 rings (SSSR count). The molecule has 1 fully saturated rings. The maximum absolute atomic E-state index is 12.2. The molecule has 0 aromatic carbocycles. The fourth-order valence-corrected chi connectivity index (χ4v) is 2.52. The Kier molecular flexibility index (Phi) is 6.53. The highest BCUT2D eigenvalue weighted by Gasteiger charge is 2.26. The third kappa shape index (κ3) is 5.36. The number of hydrogen-bond donors (Lipinski definition) is 1. The second-order valence-electron chi connectivity index (χ2n) is 5.35. The number of amides is 1. The Morgan fingerprint density at radius 3 is 3.09 bits per heavy atom. The van der Waals surface area contributed by atoms with Gasteiger partial charge < -0.3 is 15.0 Å². The summed E-state index contributed by atoms with van der Waals surface area (Å²) in [6.45, 7) is 2.06. The molecule has 1 atom stereocenters. The Morgan fingerprint density at radius 2 is 2.35 bits per heavy atom. The van der Waals surface area contributed by atoms with Gasteiger partial charge in [0.05, 0.1) is 19.2 Å². The molecular weight excluding hydrogens is 296 g/mol. The second-order valence-corrected chi connectivity index (χ2v) is 5.35. The van der Waals surface area contributed by atoms with Crippen LogP contribution in [0.25, 0.3) is 0 Å². The zero-order valence-electron chi connectivity index (χ0n) is 13.3. The second kappa shape index (κ2) is 8.87. The molecule has 0 bridgehead atoms. The number of esters is 1.